The van der Waals surface area contributed by atoms with Crippen molar-refractivity contribution in [3.63, 3.8) is 0 Å². The summed E-state index contributed by atoms with van der Waals surface area (Å²) in [5, 5.41) is 12.5. The molecule has 1 aliphatic rings. The molecule has 0 saturated carbocycles. The SMILES string of the molecule is COc1cc(C(=O)CCC(C)(O)c2cc3c(c(-c4cn(COCC[Si](C)(C)C)c5c(F)cccc45)n2)OCC3(C)C)ccc1OCCF. The maximum Gasteiger partial charge on any atom is 0.163 e. The third kappa shape index (κ3) is 7.58. The van der Waals surface area contributed by atoms with E-state index in [0.29, 0.717) is 63.9 Å². The first-order chi connectivity index (χ1) is 22.6. The summed E-state index contributed by atoms with van der Waals surface area (Å²) in [6.45, 7) is 13.0. The number of aliphatic hydroxyl groups is 1. The summed E-state index contributed by atoms with van der Waals surface area (Å²) in [6, 6.07) is 12.5. The van der Waals surface area contributed by atoms with Crippen molar-refractivity contribution in [1.82, 2.24) is 9.55 Å². The molecule has 48 heavy (non-hydrogen) atoms. The van der Waals surface area contributed by atoms with E-state index in [9.17, 15) is 14.3 Å². The molecule has 1 atom stereocenters. The number of halogens is 2. The van der Waals surface area contributed by atoms with Crippen molar-refractivity contribution in [2.45, 2.75) is 77.0 Å². The fourth-order valence-electron chi connectivity index (χ4n) is 5.86. The second-order valence-corrected chi connectivity index (χ2v) is 20.1. The van der Waals surface area contributed by atoms with Gasteiger partial charge in [0.15, 0.2) is 17.3 Å². The van der Waals surface area contributed by atoms with Gasteiger partial charge in [-0.15, -0.1) is 0 Å². The molecule has 0 bridgehead atoms. The van der Waals surface area contributed by atoms with Crippen LogP contribution in [0.1, 0.15) is 55.2 Å². The predicted octanol–water partition coefficient (Wildman–Crippen LogP) is 8.05. The first kappa shape index (κ1) is 35.5. The number of rotatable bonds is 15. The molecule has 1 N–H and O–H groups in total. The Morgan fingerprint density at radius 2 is 1.92 bits per heavy atom. The summed E-state index contributed by atoms with van der Waals surface area (Å²) in [4.78, 5) is 18.3. The molecular weight excluding hydrogens is 634 g/mol. The lowest BCUT2D eigenvalue weighted by Crippen LogP contribution is -2.25. The van der Waals surface area contributed by atoms with Crippen LogP contribution in [0.25, 0.3) is 22.2 Å². The number of alkyl halides is 1. The monoisotopic (exact) mass is 680 g/mol. The normalized spacial score (nSPS) is 15.2. The zero-order chi connectivity index (χ0) is 34.9. The van der Waals surface area contributed by atoms with Crippen molar-refractivity contribution in [3.8, 4) is 28.5 Å². The average molecular weight is 681 g/mol. The lowest BCUT2D eigenvalue weighted by atomic mass is 9.83. The number of carbonyl (C=O) groups excluding carboxylic acids is 1. The molecule has 0 radical (unpaired) electrons. The molecule has 1 aliphatic heterocycles. The van der Waals surface area contributed by atoms with Crippen LogP contribution in [0.2, 0.25) is 25.7 Å². The van der Waals surface area contributed by atoms with E-state index in [1.54, 1.807) is 35.8 Å². The van der Waals surface area contributed by atoms with Crippen LogP contribution in [0, 0.1) is 5.82 Å². The topological polar surface area (TPSA) is 92.0 Å². The highest BCUT2D eigenvalue weighted by molar-refractivity contribution is 6.76. The van der Waals surface area contributed by atoms with E-state index < -0.39 is 20.3 Å². The van der Waals surface area contributed by atoms with Gasteiger partial charge in [0.2, 0.25) is 0 Å². The van der Waals surface area contributed by atoms with E-state index in [-0.39, 0.29) is 43.2 Å². The van der Waals surface area contributed by atoms with Crippen LogP contribution in [0.3, 0.4) is 0 Å². The number of hydrogen-bond acceptors (Lipinski definition) is 7. The number of fused-ring (bicyclic) bond motifs is 2. The van der Waals surface area contributed by atoms with Crippen molar-refractivity contribution in [2.24, 2.45) is 0 Å². The largest absolute Gasteiger partial charge is 0.493 e. The van der Waals surface area contributed by atoms with E-state index in [1.807, 2.05) is 18.3 Å². The second kappa shape index (κ2) is 14.0. The molecule has 0 spiro atoms. The summed E-state index contributed by atoms with van der Waals surface area (Å²) in [5.74, 6) is 0.692. The van der Waals surface area contributed by atoms with Gasteiger partial charge in [-0.25, -0.2) is 13.8 Å². The van der Waals surface area contributed by atoms with Crippen molar-refractivity contribution < 1.29 is 37.6 Å². The summed E-state index contributed by atoms with van der Waals surface area (Å²) in [6.07, 6.45) is 1.95. The van der Waals surface area contributed by atoms with Crippen LogP contribution in [0.5, 0.6) is 17.2 Å². The zero-order valence-corrected chi connectivity index (χ0v) is 29.9. The average Bonchev–Trinajstić information content (AvgIpc) is 3.57. The number of carbonyl (C=O) groups is 1. The summed E-state index contributed by atoms with van der Waals surface area (Å²) in [5.41, 5.74) is 1.37. The van der Waals surface area contributed by atoms with Crippen molar-refractivity contribution in [3.05, 3.63) is 71.3 Å². The molecule has 0 amide bonds. The van der Waals surface area contributed by atoms with Crippen molar-refractivity contribution in [1.29, 1.82) is 0 Å². The van der Waals surface area contributed by atoms with Gasteiger partial charge in [-0.1, -0.05) is 45.6 Å². The predicted molar refractivity (Wildman–Crippen MR) is 185 cm³/mol. The first-order valence-electron chi connectivity index (χ1n) is 16.3. The minimum Gasteiger partial charge on any atom is -0.493 e. The summed E-state index contributed by atoms with van der Waals surface area (Å²) < 4.78 is 52.7. The third-order valence-corrected chi connectivity index (χ3v) is 10.5. The van der Waals surface area contributed by atoms with Crippen LogP contribution in [-0.4, -0.2) is 62.1 Å². The van der Waals surface area contributed by atoms with E-state index in [4.69, 9.17) is 23.9 Å². The van der Waals surface area contributed by atoms with Crippen LogP contribution >= 0.6 is 0 Å². The van der Waals surface area contributed by atoms with Gasteiger partial charge >= 0.3 is 0 Å². The number of ether oxygens (including phenoxy) is 4. The lowest BCUT2D eigenvalue weighted by molar-refractivity contribution is 0.0396. The Labute approximate surface area is 282 Å². The van der Waals surface area contributed by atoms with Gasteiger partial charge in [-0.2, -0.15) is 0 Å². The smallest absolute Gasteiger partial charge is 0.163 e. The molecule has 4 aromatic rings. The molecule has 0 aliphatic carbocycles. The molecule has 0 fully saturated rings. The molecule has 1 unspecified atom stereocenters. The summed E-state index contributed by atoms with van der Waals surface area (Å²) >= 11 is 0. The van der Waals surface area contributed by atoms with Crippen LogP contribution < -0.4 is 14.2 Å². The highest BCUT2D eigenvalue weighted by Crippen LogP contribution is 2.47. The van der Waals surface area contributed by atoms with E-state index >= 15 is 4.39 Å². The minimum atomic E-state index is -1.49. The number of nitrogens with zero attached hydrogens (tertiary/aromatic N) is 2. The molecule has 2 aromatic heterocycles. The molecule has 0 saturated heterocycles. The van der Waals surface area contributed by atoms with Crippen molar-refractivity contribution in [2.75, 3.05) is 33.6 Å². The highest BCUT2D eigenvalue weighted by atomic mass is 28.3. The number of pyridine rings is 1. The van der Waals surface area contributed by atoms with Gasteiger partial charge in [0.25, 0.3) is 0 Å². The number of benzene rings is 2. The van der Waals surface area contributed by atoms with E-state index in [1.165, 1.54) is 13.2 Å². The maximum absolute atomic E-state index is 15.4. The third-order valence-electron chi connectivity index (χ3n) is 8.82. The number of aromatic nitrogens is 2. The lowest BCUT2D eigenvalue weighted by Gasteiger charge is -2.25. The van der Waals surface area contributed by atoms with Gasteiger partial charge < -0.3 is 28.6 Å². The quantitative estimate of drug-likeness (QED) is 0.0772. The number of methoxy groups -OCH3 is 1. The molecule has 5 rings (SSSR count). The Morgan fingerprint density at radius 1 is 1.15 bits per heavy atom. The number of ketones is 1. The van der Waals surface area contributed by atoms with Gasteiger partial charge in [0.05, 0.1) is 24.9 Å². The fraction of sp³-hybridized carbons (Fsp3) is 0.459. The highest BCUT2D eigenvalue weighted by Gasteiger charge is 2.38. The Balaban J connectivity index is 1.48. The van der Waals surface area contributed by atoms with Crippen LogP contribution in [0.4, 0.5) is 8.78 Å². The Hall–Kier alpha value is -3.80. The van der Waals surface area contributed by atoms with Gasteiger partial charge in [-0.05, 0) is 49.7 Å². The Bertz CT molecular complexity index is 1800. The maximum atomic E-state index is 15.4. The van der Waals surface area contributed by atoms with Gasteiger partial charge in [-0.3, -0.25) is 4.79 Å². The number of Topliss-reactive ketones (excluding diaryl/α,β-unsaturated/α-hetero) is 1. The Kier molecular flexibility index (Phi) is 10.3. The second-order valence-electron chi connectivity index (χ2n) is 14.5. The van der Waals surface area contributed by atoms with Gasteiger partial charge in [0, 0.05) is 54.8 Å². The molecule has 2 aromatic carbocycles. The minimum absolute atomic E-state index is 0.0219. The number of hydrogen-bond donors (Lipinski definition) is 1. The molecule has 8 nitrogen and oxygen atoms in total. The van der Waals surface area contributed by atoms with Crippen LogP contribution in [0.15, 0.2) is 48.7 Å². The number of para-hydroxylation sites is 1. The Morgan fingerprint density at radius 3 is 2.62 bits per heavy atom. The van der Waals surface area contributed by atoms with Gasteiger partial charge in [0.1, 0.15) is 42.9 Å². The zero-order valence-electron chi connectivity index (χ0n) is 28.9. The fourth-order valence-corrected chi connectivity index (χ4v) is 6.61. The molecule has 258 valence electrons. The molecule has 11 heteroatoms. The molecule has 3 heterocycles. The standard InChI is InChI=1S/C37H46F2N2O6Si/c1-36(2)22-47-35-27(36)20-32(37(3,43)14-13-29(42)24-11-12-30(46-16-15-38)31(19-24)44-4)40-33(35)26-21-41(23-45-17-18-48(5,6)7)34-25(26)9-8-10-28(34)39/h8-12,19-21,43H,13-18,22-23H2,1-7H3. The van der Waals surface area contributed by atoms with Crippen molar-refractivity contribution >= 4 is 24.8 Å². The van der Waals surface area contributed by atoms with E-state index in [0.717, 1.165) is 11.6 Å². The van der Waals surface area contributed by atoms with E-state index in [2.05, 4.69) is 33.5 Å². The first-order valence-corrected chi connectivity index (χ1v) is 20.0. The van der Waals surface area contributed by atoms with Crippen LogP contribution in [-0.2, 0) is 22.5 Å². The molecular formula is C37H46F2N2O6Si. The summed E-state index contributed by atoms with van der Waals surface area (Å²) in [7, 11) is 0.147.